The van der Waals surface area contributed by atoms with Gasteiger partial charge in [-0.15, -0.1) is 5.06 Å². The van der Waals surface area contributed by atoms with Crippen LogP contribution in [0.1, 0.15) is 32.1 Å². The Morgan fingerprint density at radius 1 is 1.38 bits per heavy atom. The van der Waals surface area contributed by atoms with Crippen molar-refractivity contribution >= 4 is 17.5 Å². The SMILES string of the molecule is CN1OC(C2CCCCC2)=NC1Cl. The van der Waals surface area contributed by atoms with Crippen LogP contribution in [0.15, 0.2) is 4.99 Å². The van der Waals surface area contributed by atoms with Crippen LogP contribution >= 0.6 is 11.6 Å². The predicted octanol–water partition coefficient (Wildman–Crippen LogP) is 2.36. The first kappa shape index (κ1) is 9.28. The summed E-state index contributed by atoms with van der Waals surface area (Å²) in [6, 6.07) is 0. The van der Waals surface area contributed by atoms with E-state index in [9.17, 15) is 0 Å². The lowest BCUT2D eigenvalue weighted by atomic mass is 9.89. The lowest BCUT2D eigenvalue weighted by Gasteiger charge is -2.21. The Morgan fingerprint density at radius 3 is 2.62 bits per heavy atom. The fourth-order valence-electron chi connectivity index (χ4n) is 1.93. The van der Waals surface area contributed by atoms with E-state index >= 15 is 0 Å². The molecule has 0 radical (unpaired) electrons. The molecule has 0 aromatic carbocycles. The number of nitrogens with zero attached hydrogens (tertiary/aromatic N) is 2. The molecule has 0 amide bonds. The summed E-state index contributed by atoms with van der Waals surface area (Å²) in [5, 5.41) is 1.60. The molecule has 4 heteroatoms. The topological polar surface area (TPSA) is 24.8 Å². The van der Waals surface area contributed by atoms with Crippen molar-refractivity contribution in [1.82, 2.24) is 5.06 Å². The second kappa shape index (κ2) is 3.84. The van der Waals surface area contributed by atoms with Crippen molar-refractivity contribution in [3.05, 3.63) is 0 Å². The summed E-state index contributed by atoms with van der Waals surface area (Å²) in [7, 11) is 1.82. The first-order valence-corrected chi connectivity index (χ1v) is 5.33. The van der Waals surface area contributed by atoms with Crippen molar-refractivity contribution < 1.29 is 4.84 Å². The smallest absolute Gasteiger partial charge is 0.215 e. The molecule has 2 rings (SSSR count). The van der Waals surface area contributed by atoms with E-state index < -0.39 is 0 Å². The van der Waals surface area contributed by atoms with Crippen LogP contribution in [0.2, 0.25) is 0 Å². The third-order valence-electron chi connectivity index (χ3n) is 2.73. The van der Waals surface area contributed by atoms with Gasteiger partial charge in [0.15, 0.2) is 0 Å². The van der Waals surface area contributed by atoms with Crippen LogP contribution in [-0.2, 0) is 4.84 Å². The minimum atomic E-state index is -0.322. The van der Waals surface area contributed by atoms with E-state index in [2.05, 4.69) is 4.99 Å². The van der Waals surface area contributed by atoms with Gasteiger partial charge in [-0.05, 0) is 12.8 Å². The molecule has 1 unspecified atom stereocenters. The molecule has 13 heavy (non-hydrogen) atoms. The average Bonchev–Trinajstić information content (AvgIpc) is 2.49. The fraction of sp³-hybridized carbons (Fsp3) is 0.889. The van der Waals surface area contributed by atoms with Crippen molar-refractivity contribution in [3.63, 3.8) is 0 Å². The molecule has 0 spiro atoms. The summed E-state index contributed by atoms with van der Waals surface area (Å²) in [6.45, 7) is 0. The molecule has 0 saturated heterocycles. The number of aliphatic imine (C=N–C) groups is 1. The maximum Gasteiger partial charge on any atom is 0.215 e. The quantitative estimate of drug-likeness (QED) is 0.482. The van der Waals surface area contributed by atoms with Crippen LogP contribution in [0.5, 0.6) is 0 Å². The molecule has 74 valence electrons. The molecule has 1 aliphatic heterocycles. The summed E-state index contributed by atoms with van der Waals surface area (Å²) in [4.78, 5) is 9.74. The lowest BCUT2D eigenvalue weighted by molar-refractivity contribution is -0.0396. The summed E-state index contributed by atoms with van der Waals surface area (Å²) in [5.74, 6) is 1.36. The molecule has 1 heterocycles. The third-order valence-corrected chi connectivity index (χ3v) is 3.10. The van der Waals surface area contributed by atoms with Crippen LogP contribution in [0.25, 0.3) is 0 Å². The van der Waals surface area contributed by atoms with Crippen LogP contribution in [-0.4, -0.2) is 23.6 Å². The highest BCUT2D eigenvalue weighted by molar-refractivity contribution is 6.21. The Kier molecular flexibility index (Phi) is 2.74. The number of hydroxylamine groups is 2. The van der Waals surface area contributed by atoms with Crippen LogP contribution in [0.3, 0.4) is 0 Å². The average molecular weight is 203 g/mol. The van der Waals surface area contributed by atoms with Gasteiger partial charge in [0.05, 0.1) is 0 Å². The molecule has 1 atom stereocenters. The Bertz CT molecular complexity index is 214. The number of halogens is 1. The molecule has 0 N–H and O–H groups in total. The zero-order valence-electron chi connectivity index (χ0n) is 7.87. The van der Waals surface area contributed by atoms with Gasteiger partial charge in [-0.25, -0.2) is 4.99 Å². The van der Waals surface area contributed by atoms with Gasteiger partial charge in [-0.3, -0.25) is 0 Å². The normalized spacial score (nSPS) is 31.5. The minimum Gasteiger partial charge on any atom is -0.387 e. The highest BCUT2D eigenvalue weighted by Crippen LogP contribution is 2.28. The van der Waals surface area contributed by atoms with Gasteiger partial charge in [-0.1, -0.05) is 30.9 Å². The molecule has 1 saturated carbocycles. The molecular weight excluding hydrogens is 188 g/mol. The largest absolute Gasteiger partial charge is 0.387 e. The number of hydrogen-bond donors (Lipinski definition) is 0. The van der Waals surface area contributed by atoms with Crippen molar-refractivity contribution in [1.29, 1.82) is 0 Å². The van der Waals surface area contributed by atoms with Crippen LogP contribution in [0.4, 0.5) is 0 Å². The first-order chi connectivity index (χ1) is 6.27. The lowest BCUT2D eigenvalue weighted by Crippen LogP contribution is -2.24. The summed E-state index contributed by atoms with van der Waals surface area (Å²) >= 11 is 5.89. The molecule has 0 aromatic heterocycles. The number of alkyl halides is 1. The Labute approximate surface area is 83.7 Å². The molecule has 3 nitrogen and oxygen atoms in total. The van der Waals surface area contributed by atoms with Gasteiger partial charge < -0.3 is 4.84 Å². The maximum atomic E-state index is 5.89. The van der Waals surface area contributed by atoms with Crippen LogP contribution < -0.4 is 0 Å². The van der Waals surface area contributed by atoms with E-state index in [0.717, 1.165) is 5.90 Å². The van der Waals surface area contributed by atoms with E-state index in [-0.39, 0.29) is 5.62 Å². The van der Waals surface area contributed by atoms with Gasteiger partial charge in [-0.2, -0.15) is 0 Å². The molecule has 1 fully saturated rings. The van der Waals surface area contributed by atoms with Gasteiger partial charge in [0, 0.05) is 13.0 Å². The highest BCUT2D eigenvalue weighted by Gasteiger charge is 2.29. The molecule has 0 bridgehead atoms. The summed E-state index contributed by atoms with van der Waals surface area (Å²) in [5.41, 5.74) is -0.322. The molecular formula is C9H15ClN2O. The van der Waals surface area contributed by atoms with E-state index in [1.165, 1.54) is 32.1 Å². The Balaban J connectivity index is 1.97. The van der Waals surface area contributed by atoms with E-state index in [1.807, 2.05) is 7.05 Å². The Hall–Kier alpha value is -0.280. The maximum absolute atomic E-state index is 5.89. The Morgan fingerprint density at radius 2 is 2.08 bits per heavy atom. The highest BCUT2D eigenvalue weighted by atomic mass is 35.5. The number of rotatable bonds is 1. The second-order valence-corrected chi connectivity index (χ2v) is 4.14. The predicted molar refractivity (Wildman–Crippen MR) is 52.5 cm³/mol. The molecule has 1 aliphatic carbocycles. The van der Waals surface area contributed by atoms with Crippen molar-refractivity contribution in [2.75, 3.05) is 7.05 Å². The molecule has 0 aromatic rings. The second-order valence-electron chi connectivity index (χ2n) is 3.75. The monoisotopic (exact) mass is 202 g/mol. The summed E-state index contributed by atoms with van der Waals surface area (Å²) < 4.78 is 0. The molecule has 2 aliphatic rings. The third kappa shape index (κ3) is 1.97. The van der Waals surface area contributed by atoms with Crippen LogP contribution in [0, 0.1) is 5.92 Å². The first-order valence-electron chi connectivity index (χ1n) is 4.90. The van der Waals surface area contributed by atoms with Gasteiger partial charge in [0.2, 0.25) is 11.5 Å². The van der Waals surface area contributed by atoms with Crippen molar-refractivity contribution in [2.24, 2.45) is 10.9 Å². The zero-order chi connectivity index (χ0) is 9.26. The van der Waals surface area contributed by atoms with E-state index in [1.54, 1.807) is 5.06 Å². The van der Waals surface area contributed by atoms with E-state index in [0.29, 0.717) is 5.92 Å². The van der Waals surface area contributed by atoms with Crippen molar-refractivity contribution in [2.45, 2.75) is 37.7 Å². The van der Waals surface area contributed by atoms with Gasteiger partial charge >= 0.3 is 0 Å². The fourth-order valence-corrected chi connectivity index (χ4v) is 2.07. The minimum absolute atomic E-state index is 0.322. The van der Waals surface area contributed by atoms with Gasteiger partial charge in [0.1, 0.15) is 0 Å². The standard InChI is InChI=1S/C9H15ClN2O/c1-12-9(10)11-8(13-12)7-5-3-2-4-6-7/h7,9H,2-6H2,1H3. The number of hydrogen-bond acceptors (Lipinski definition) is 3. The van der Waals surface area contributed by atoms with Gasteiger partial charge in [0.25, 0.3) is 0 Å². The summed E-state index contributed by atoms with van der Waals surface area (Å²) in [6.07, 6.45) is 6.35. The van der Waals surface area contributed by atoms with E-state index in [4.69, 9.17) is 16.4 Å². The zero-order valence-corrected chi connectivity index (χ0v) is 8.63. The van der Waals surface area contributed by atoms with Crippen molar-refractivity contribution in [3.8, 4) is 0 Å².